The molecule has 0 aliphatic rings. The Morgan fingerprint density at radius 3 is 1.16 bits per heavy atom. The molecule has 0 saturated carbocycles. The summed E-state index contributed by atoms with van der Waals surface area (Å²) in [5.74, 6) is -1.06. The predicted octanol–water partition coefficient (Wildman–Crippen LogP) is 16.5. The van der Waals surface area contributed by atoms with Gasteiger partial charge in [0.05, 0.1) is 0 Å². The Hall–Kier alpha value is -4.19. The second kappa shape index (κ2) is 50.5. The lowest BCUT2D eigenvalue weighted by atomic mass is 10.1. The van der Waals surface area contributed by atoms with Crippen LogP contribution in [0.2, 0.25) is 0 Å². The van der Waals surface area contributed by atoms with Gasteiger partial charge in [-0.2, -0.15) is 0 Å². The third kappa shape index (κ3) is 48.7. The molecule has 0 heterocycles. The van der Waals surface area contributed by atoms with E-state index in [2.05, 4.69) is 142 Å². The van der Waals surface area contributed by atoms with Gasteiger partial charge in [0.25, 0.3) is 0 Å². The largest absolute Gasteiger partial charge is 0.462 e. The smallest absolute Gasteiger partial charge is 0.306 e. The molecule has 0 saturated heterocycles. The van der Waals surface area contributed by atoms with Gasteiger partial charge in [0, 0.05) is 19.3 Å². The molecule has 6 heteroatoms. The summed E-state index contributed by atoms with van der Waals surface area (Å²) >= 11 is 0. The average molecular weight is 871 g/mol. The molecule has 0 aromatic rings. The minimum absolute atomic E-state index is 0.130. The summed E-state index contributed by atoms with van der Waals surface area (Å²) < 4.78 is 16.7. The lowest BCUT2D eigenvalue weighted by Gasteiger charge is -2.18. The molecule has 1 atom stereocenters. The molecule has 1 unspecified atom stereocenters. The maximum Gasteiger partial charge on any atom is 0.306 e. The van der Waals surface area contributed by atoms with E-state index in [0.717, 1.165) is 96.3 Å². The fraction of sp³-hybridized carbons (Fsp3) is 0.596. The lowest BCUT2D eigenvalue weighted by Crippen LogP contribution is -2.30. The minimum Gasteiger partial charge on any atom is -0.462 e. The van der Waals surface area contributed by atoms with Gasteiger partial charge in [-0.25, -0.2) is 0 Å². The van der Waals surface area contributed by atoms with E-state index in [1.807, 2.05) is 0 Å². The number of ether oxygens (including phenoxy) is 3. The molecule has 0 bridgehead atoms. The molecule has 0 aromatic heterocycles. The molecule has 0 N–H and O–H groups in total. The van der Waals surface area contributed by atoms with Gasteiger partial charge in [0.1, 0.15) is 13.2 Å². The average Bonchev–Trinajstić information content (AvgIpc) is 3.28. The van der Waals surface area contributed by atoms with Crippen molar-refractivity contribution in [3.8, 4) is 0 Å². The summed E-state index contributed by atoms with van der Waals surface area (Å²) in [6.45, 7) is 6.27. The molecule has 63 heavy (non-hydrogen) atoms. The number of hydrogen-bond donors (Lipinski definition) is 0. The van der Waals surface area contributed by atoms with Crippen molar-refractivity contribution >= 4 is 17.9 Å². The van der Waals surface area contributed by atoms with Crippen LogP contribution < -0.4 is 0 Å². The second-order valence-electron chi connectivity index (χ2n) is 16.0. The fourth-order valence-corrected chi connectivity index (χ4v) is 6.25. The fourth-order valence-electron chi connectivity index (χ4n) is 6.25. The van der Waals surface area contributed by atoms with E-state index in [4.69, 9.17) is 14.2 Å². The summed E-state index contributed by atoms with van der Waals surface area (Å²) in [5.41, 5.74) is 0. The van der Waals surface area contributed by atoms with Crippen molar-refractivity contribution in [1.29, 1.82) is 0 Å². The zero-order valence-electron chi connectivity index (χ0n) is 40.3. The van der Waals surface area contributed by atoms with E-state index < -0.39 is 6.10 Å². The Labute approximate surface area is 386 Å². The predicted molar refractivity (Wildman–Crippen MR) is 269 cm³/mol. The Balaban J connectivity index is 4.59. The van der Waals surface area contributed by atoms with E-state index in [9.17, 15) is 14.4 Å². The van der Waals surface area contributed by atoms with Crippen molar-refractivity contribution in [1.82, 2.24) is 0 Å². The summed E-state index contributed by atoms with van der Waals surface area (Å²) in [5, 5.41) is 0. The van der Waals surface area contributed by atoms with Gasteiger partial charge in [0.2, 0.25) is 0 Å². The Morgan fingerprint density at radius 1 is 0.349 bits per heavy atom. The molecule has 0 amide bonds. The van der Waals surface area contributed by atoms with Crippen LogP contribution in [0.5, 0.6) is 0 Å². The highest BCUT2D eigenvalue weighted by molar-refractivity contribution is 5.71. The highest BCUT2D eigenvalue weighted by Gasteiger charge is 2.19. The maximum absolute atomic E-state index is 12.8. The van der Waals surface area contributed by atoms with Crippen molar-refractivity contribution in [2.45, 2.75) is 207 Å². The zero-order valence-corrected chi connectivity index (χ0v) is 40.3. The van der Waals surface area contributed by atoms with Gasteiger partial charge in [-0.05, 0) is 116 Å². The molecule has 0 aliphatic carbocycles. The van der Waals surface area contributed by atoms with Gasteiger partial charge in [-0.3, -0.25) is 14.4 Å². The van der Waals surface area contributed by atoms with Crippen LogP contribution in [0.15, 0.2) is 122 Å². The van der Waals surface area contributed by atoms with Crippen molar-refractivity contribution in [2.24, 2.45) is 0 Å². The third-order valence-corrected chi connectivity index (χ3v) is 9.96. The van der Waals surface area contributed by atoms with Crippen LogP contribution in [0.3, 0.4) is 0 Å². The van der Waals surface area contributed by atoms with Crippen LogP contribution in [-0.2, 0) is 28.6 Å². The first kappa shape index (κ1) is 58.8. The zero-order chi connectivity index (χ0) is 45.8. The summed E-state index contributed by atoms with van der Waals surface area (Å²) in [4.78, 5) is 37.9. The second-order valence-corrected chi connectivity index (χ2v) is 16.0. The van der Waals surface area contributed by atoms with E-state index in [0.29, 0.717) is 19.3 Å². The van der Waals surface area contributed by atoms with Gasteiger partial charge < -0.3 is 14.2 Å². The number of hydrogen-bond acceptors (Lipinski definition) is 6. The molecule has 354 valence electrons. The van der Waals surface area contributed by atoms with Crippen molar-refractivity contribution < 1.29 is 28.6 Å². The topological polar surface area (TPSA) is 78.9 Å². The number of unbranched alkanes of at least 4 members (excludes halogenated alkanes) is 13. The van der Waals surface area contributed by atoms with Crippen LogP contribution in [-0.4, -0.2) is 37.2 Å². The van der Waals surface area contributed by atoms with Crippen LogP contribution in [0.1, 0.15) is 201 Å². The summed E-state index contributed by atoms with van der Waals surface area (Å²) in [6, 6.07) is 0. The SMILES string of the molecule is CC/C=C\C/C=C\C/C=C\C/C=C\C/C=C\CCCC(=O)OCC(COC(=O)CCCC/C=C\C/C=C\C/C=C\CC)OC(=O)CCCCC/C=C\C=C/CCCCCCCCC. The molecular formula is C57H90O6. The van der Waals surface area contributed by atoms with Gasteiger partial charge in [-0.15, -0.1) is 0 Å². The first-order valence-electron chi connectivity index (χ1n) is 25.1. The van der Waals surface area contributed by atoms with Crippen LogP contribution >= 0.6 is 0 Å². The van der Waals surface area contributed by atoms with Gasteiger partial charge >= 0.3 is 17.9 Å². The molecule has 0 radical (unpaired) electrons. The van der Waals surface area contributed by atoms with E-state index in [1.165, 1.54) is 44.9 Å². The first-order chi connectivity index (χ1) is 31.0. The monoisotopic (exact) mass is 871 g/mol. The minimum atomic E-state index is -0.833. The Morgan fingerprint density at radius 2 is 0.683 bits per heavy atom. The maximum atomic E-state index is 12.8. The molecule has 0 spiro atoms. The number of esters is 3. The Kier molecular flexibility index (Phi) is 47.1. The third-order valence-electron chi connectivity index (χ3n) is 9.96. The van der Waals surface area contributed by atoms with E-state index in [1.54, 1.807) is 0 Å². The first-order valence-corrected chi connectivity index (χ1v) is 25.1. The number of carbonyl (C=O) groups excluding carboxylic acids is 3. The van der Waals surface area contributed by atoms with Gasteiger partial charge in [0.15, 0.2) is 6.10 Å². The van der Waals surface area contributed by atoms with Crippen LogP contribution in [0, 0.1) is 0 Å². The number of allylic oxidation sites excluding steroid dienone is 20. The van der Waals surface area contributed by atoms with Crippen molar-refractivity contribution in [3.05, 3.63) is 122 Å². The summed E-state index contributed by atoms with van der Waals surface area (Å²) in [7, 11) is 0. The quantitative estimate of drug-likeness (QED) is 0.0200. The molecular weight excluding hydrogens is 781 g/mol. The van der Waals surface area contributed by atoms with Gasteiger partial charge in [-0.1, -0.05) is 187 Å². The summed E-state index contributed by atoms with van der Waals surface area (Å²) in [6.07, 6.45) is 69.1. The molecule has 0 rings (SSSR count). The molecule has 0 aromatic carbocycles. The van der Waals surface area contributed by atoms with E-state index in [-0.39, 0.29) is 50.4 Å². The Bertz CT molecular complexity index is 1370. The normalized spacial score (nSPS) is 13.1. The molecule has 6 nitrogen and oxygen atoms in total. The van der Waals surface area contributed by atoms with Crippen molar-refractivity contribution in [3.63, 3.8) is 0 Å². The highest BCUT2D eigenvalue weighted by Crippen LogP contribution is 2.11. The van der Waals surface area contributed by atoms with Crippen LogP contribution in [0.4, 0.5) is 0 Å². The number of carbonyl (C=O) groups is 3. The molecule has 0 aliphatic heterocycles. The van der Waals surface area contributed by atoms with Crippen LogP contribution in [0.25, 0.3) is 0 Å². The highest BCUT2D eigenvalue weighted by atomic mass is 16.6. The lowest BCUT2D eigenvalue weighted by molar-refractivity contribution is -0.167. The molecule has 0 fully saturated rings. The van der Waals surface area contributed by atoms with E-state index >= 15 is 0 Å². The van der Waals surface area contributed by atoms with Crippen molar-refractivity contribution in [2.75, 3.05) is 13.2 Å². The standard InChI is InChI=1S/C57H90O6/c1-4-7-10-13-16-19-22-25-27-29-31-32-35-38-41-44-47-50-56(59)62-53-54(52-61-55(58)49-46-43-40-37-34-24-21-18-15-12-9-6-3)63-57(60)51-48-45-42-39-36-33-30-28-26-23-20-17-14-11-8-5-2/h7,9-10,12,16,18-19,21,25,27-28,30-34,36-38,41,54H,4-6,8,11,13-15,17,20,22-24,26,29,35,39-40,42-53H2,1-3H3/b10-7-,12-9-,19-16-,21-18-,27-25-,30-28-,32-31-,36-33-,37-34-,41-38-. The number of rotatable bonds is 43.